The Morgan fingerprint density at radius 2 is 1.73 bits per heavy atom. The molecule has 1 aliphatic rings. The van der Waals surface area contributed by atoms with Crippen molar-refractivity contribution >= 4 is 35.3 Å². The fraction of sp³-hybridized carbons (Fsp3) is 0.600. The topological polar surface area (TPSA) is 125 Å². The van der Waals surface area contributed by atoms with Gasteiger partial charge in [0.05, 0.1) is 11.1 Å². The first-order valence-corrected chi connectivity index (χ1v) is 14.2. The van der Waals surface area contributed by atoms with Crippen LogP contribution in [0.1, 0.15) is 66.9 Å². The molecule has 0 spiro atoms. The van der Waals surface area contributed by atoms with E-state index in [0.29, 0.717) is 18.4 Å². The second-order valence-corrected chi connectivity index (χ2v) is 11.9. The molecule has 0 fully saturated rings. The van der Waals surface area contributed by atoms with E-state index in [9.17, 15) is 24.3 Å². The van der Waals surface area contributed by atoms with Gasteiger partial charge in [0, 0.05) is 19.4 Å². The third-order valence-electron chi connectivity index (χ3n) is 7.17. The van der Waals surface area contributed by atoms with Crippen molar-refractivity contribution in [2.24, 2.45) is 17.8 Å². The number of likely N-dealkylation sites (N-methyl/N-ethyl adjacent to an activating group) is 1. The molecule has 0 saturated carbocycles. The lowest BCUT2D eigenvalue weighted by Crippen LogP contribution is -2.57. The van der Waals surface area contributed by atoms with Crippen LogP contribution >= 0.6 is 11.6 Å². The number of phenolic OH excluding ortho intramolecular Hbond substituents is 1. The van der Waals surface area contributed by atoms with Crippen LogP contribution in [0, 0.1) is 17.8 Å². The van der Waals surface area contributed by atoms with Gasteiger partial charge in [0.15, 0.2) is 0 Å². The molecule has 2 rings (SSSR count). The van der Waals surface area contributed by atoms with Gasteiger partial charge in [-0.15, -0.1) is 0 Å². The van der Waals surface area contributed by atoms with Crippen LogP contribution in [0.4, 0.5) is 0 Å². The van der Waals surface area contributed by atoms with Crippen LogP contribution in [0.25, 0.3) is 0 Å². The van der Waals surface area contributed by atoms with Gasteiger partial charge < -0.3 is 25.4 Å². The van der Waals surface area contributed by atoms with Gasteiger partial charge in [0.25, 0.3) is 0 Å². The molecule has 0 saturated heterocycles. The second kappa shape index (κ2) is 14.5. The molecule has 6 atom stereocenters. The Labute approximate surface area is 242 Å². The molecule has 10 heteroatoms. The Bertz CT molecular complexity index is 1120. The lowest BCUT2D eigenvalue weighted by atomic mass is 9.95. The molecule has 3 amide bonds. The van der Waals surface area contributed by atoms with Crippen molar-refractivity contribution in [1.29, 1.82) is 0 Å². The van der Waals surface area contributed by atoms with E-state index in [1.165, 1.54) is 24.1 Å². The number of aromatic hydroxyl groups is 1. The number of phenols is 1. The van der Waals surface area contributed by atoms with Crippen molar-refractivity contribution < 1.29 is 29.0 Å². The van der Waals surface area contributed by atoms with Crippen molar-refractivity contribution in [3.63, 3.8) is 0 Å². The fourth-order valence-electron chi connectivity index (χ4n) is 4.97. The Morgan fingerprint density at radius 3 is 2.33 bits per heavy atom. The van der Waals surface area contributed by atoms with E-state index in [0.717, 1.165) is 5.57 Å². The first-order chi connectivity index (χ1) is 18.6. The summed E-state index contributed by atoms with van der Waals surface area (Å²) < 4.78 is 5.74. The Morgan fingerprint density at radius 1 is 1.07 bits per heavy atom. The Kier molecular flexibility index (Phi) is 12.0. The number of nitrogens with one attached hydrogen (secondary N) is 2. The number of hydrogen-bond donors (Lipinski definition) is 3. The fourth-order valence-corrected chi connectivity index (χ4v) is 5.17. The molecule has 1 aromatic rings. The minimum absolute atomic E-state index is 0.0584. The lowest BCUT2D eigenvalue weighted by molar-refractivity contribution is -0.155. The van der Waals surface area contributed by atoms with Crippen molar-refractivity contribution in [1.82, 2.24) is 15.5 Å². The van der Waals surface area contributed by atoms with E-state index in [4.69, 9.17) is 16.3 Å². The van der Waals surface area contributed by atoms with Crippen LogP contribution in [0.3, 0.4) is 0 Å². The van der Waals surface area contributed by atoms with E-state index >= 15 is 0 Å². The number of carbonyl (C=O) groups excluding carboxylic acids is 4. The number of halogens is 1. The van der Waals surface area contributed by atoms with E-state index in [1.54, 1.807) is 33.8 Å². The van der Waals surface area contributed by atoms with Gasteiger partial charge in [-0.3, -0.25) is 14.4 Å². The molecule has 0 aliphatic carbocycles. The third kappa shape index (κ3) is 9.25. The van der Waals surface area contributed by atoms with Crippen LogP contribution in [-0.2, 0) is 30.3 Å². The number of amides is 3. The molecule has 0 bridgehead atoms. The monoisotopic (exact) mass is 577 g/mol. The molecular weight excluding hydrogens is 534 g/mol. The Balaban J connectivity index is 2.48. The molecular formula is C30H44ClN3O6. The summed E-state index contributed by atoms with van der Waals surface area (Å²) in [5, 5.41) is 15.5. The highest BCUT2D eigenvalue weighted by molar-refractivity contribution is 6.32. The number of allylic oxidation sites excluding steroid dienone is 2. The average molecular weight is 578 g/mol. The van der Waals surface area contributed by atoms with Gasteiger partial charge >= 0.3 is 5.97 Å². The number of cyclic esters (lactones) is 1. The summed E-state index contributed by atoms with van der Waals surface area (Å²) in [6.45, 7) is 12.8. The van der Waals surface area contributed by atoms with Gasteiger partial charge in [-0.25, -0.2) is 4.79 Å². The highest BCUT2D eigenvalue weighted by atomic mass is 35.5. The number of nitrogens with zero attached hydrogens (tertiary/aromatic N) is 1. The molecule has 222 valence electrons. The van der Waals surface area contributed by atoms with E-state index in [1.807, 2.05) is 20.8 Å². The summed E-state index contributed by atoms with van der Waals surface area (Å²) in [6.07, 6.45) is 2.83. The number of ether oxygens (including phenoxy) is 1. The van der Waals surface area contributed by atoms with Gasteiger partial charge in [0.2, 0.25) is 17.7 Å². The normalized spacial score (nSPS) is 29.6. The predicted octanol–water partition coefficient (Wildman–Crippen LogP) is 4.00. The number of carbonyl (C=O) groups is 4. The molecule has 0 radical (unpaired) electrons. The molecule has 1 aliphatic heterocycles. The predicted molar refractivity (Wildman–Crippen MR) is 155 cm³/mol. The summed E-state index contributed by atoms with van der Waals surface area (Å²) in [7, 11) is 1.48. The first-order valence-electron chi connectivity index (χ1n) is 13.8. The number of benzene rings is 1. The summed E-state index contributed by atoms with van der Waals surface area (Å²) in [4.78, 5) is 54.5. The zero-order valence-electron chi connectivity index (χ0n) is 24.8. The smallest absolute Gasteiger partial charge is 0.329 e. The minimum Gasteiger partial charge on any atom is -0.506 e. The van der Waals surface area contributed by atoms with Gasteiger partial charge in [-0.05, 0) is 63.1 Å². The zero-order chi connectivity index (χ0) is 30.3. The average Bonchev–Trinajstić information content (AvgIpc) is 2.85. The number of hydrogen-bond acceptors (Lipinski definition) is 6. The highest BCUT2D eigenvalue weighted by Crippen LogP contribution is 2.25. The summed E-state index contributed by atoms with van der Waals surface area (Å²) in [5.41, 5.74) is 1.63. The first kappa shape index (κ1) is 33.1. The van der Waals surface area contributed by atoms with E-state index in [-0.39, 0.29) is 40.9 Å². The standard InChI is InChI=1S/C30H44ClN3O6/c1-16(2)26-30(39)40-20(6)13-18(4)11-17(3)12-19(5)27(36)32-21(7)29(38)34(8)24(28(37)33-26)15-22-9-10-25(35)23(31)14-22/h9-11,14,16,18-21,24,26,35H,12-13,15H2,1-8H3,(H,32,36)(H,33,37)/b17-11+/t18-,19-,20-,21-,24+,26-/m0/s1. The Hall–Kier alpha value is -3.07. The summed E-state index contributed by atoms with van der Waals surface area (Å²) in [6, 6.07) is 1.67. The number of rotatable bonds is 3. The van der Waals surface area contributed by atoms with Gasteiger partial charge in [-0.2, -0.15) is 0 Å². The lowest BCUT2D eigenvalue weighted by Gasteiger charge is -2.32. The quantitative estimate of drug-likeness (QED) is 0.368. The maximum atomic E-state index is 13.7. The molecule has 9 nitrogen and oxygen atoms in total. The highest BCUT2D eigenvalue weighted by Gasteiger charge is 2.35. The molecule has 1 aromatic carbocycles. The molecule has 0 aromatic heterocycles. The van der Waals surface area contributed by atoms with Crippen LogP contribution in [0.15, 0.2) is 29.8 Å². The van der Waals surface area contributed by atoms with Crippen LogP contribution < -0.4 is 10.6 Å². The zero-order valence-corrected chi connectivity index (χ0v) is 25.5. The maximum Gasteiger partial charge on any atom is 0.329 e. The number of esters is 1. The molecule has 0 unspecified atom stereocenters. The largest absolute Gasteiger partial charge is 0.506 e. The van der Waals surface area contributed by atoms with Crippen molar-refractivity contribution in [2.45, 2.75) is 92.0 Å². The molecule has 40 heavy (non-hydrogen) atoms. The molecule has 3 N–H and O–H groups in total. The summed E-state index contributed by atoms with van der Waals surface area (Å²) >= 11 is 6.09. The van der Waals surface area contributed by atoms with Crippen molar-refractivity contribution in [3.05, 3.63) is 40.4 Å². The molecule has 1 heterocycles. The van der Waals surface area contributed by atoms with Crippen LogP contribution in [-0.4, -0.2) is 65.0 Å². The third-order valence-corrected chi connectivity index (χ3v) is 7.48. The van der Waals surface area contributed by atoms with E-state index in [2.05, 4.69) is 16.7 Å². The minimum atomic E-state index is -1.04. The SMILES string of the molecule is C/C1=C\[C@H](C)C[C@H](C)OC(=O)[C@H](C(C)C)NC(=O)[C@@H](Cc2ccc(O)c(Cl)c2)N(C)C(=O)[C@H](C)NC(=O)[C@@H](C)C1. The van der Waals surface area contributed by atoms with Crippen LogP contribution in [0.2, 0.25) is 5.02 Å². The summed E-state index contributed by atoms with van der Waals surface area (Å²) in [5.74, 6) is -2.48. The van der Waals surface area contributed by atoms with E-state index < -0.39 is 42.0 Å². The van der Waals surface area contributed by atoms with Crippen molar-refractivity contribution in [3.8, 4) is 5.75 Å². The van der Waals surface area contributed by atoms with Crippen LogP contribution in [0.5, 0.6) is 5.75 Å². The maximum absolute atomic E-state index is 13.7. The van der Waals surface area contributed by atoms with Crippen molar-refractivity contribution in [2.75, 3.05) is 7.05 Å². The second-order valence-electron chi connectivity index (χ2n) is 11.5. The van der Waals surface area contributed by atoms with Gasteiger partial charge in [0.1, 0.15) is 23.9 Å². The van der Waals surface area contributed by atoms with Gasteiger partial charge in [-0.1, -0.05) is 57.0 Å².